The lowest BCUT2D eigenvalue weighted by molar-refractivity contribution is 0.337. The summed E-state index contributed by atoms with van der Waals surface area (Å²) < 4.78 is 28.1. The average Bonchev–Trinajstić information content (AvgIpc) is 2.18. The molecule has 0 N–H and O–H groups in total. The van der Waals surface area contributed by atoms with E-state index in [1.165, 1.54) is 19.4 Å². The van der Waals surface area contributed by atoms with Crippen LogP contribution < -0.4 is 0 Å². The van der Waals surface area contributed by atoms with E-state index < -0.39 is 9.84 Å². The van der Waals surface area contributed by atoms with Gasteiger partial charge in [0.25, 0.3) is 0 Å². The second-order valence-electron chi connectivity index (χ2n) is 3.20. The lowest BCUT2D eigenvalue weighted by Crippen LogP contribution is -2.04. The smallest absolute Gasteiger partial charge is 0.182 e. The monoisotopic (exact) mass is 226 g/mol. The van der Waals surface area contributed by atoms with Gasteiger partial charge in [0.1, 0.15) is 0 Å². The molecule has 1 rings (SSSR count). The van der Waals surface area contributed by atoms with Crippen LogP contribution in [-0.4, -0.2) is 21.3 Å². The summed E-state index contributed by atoms with van der Waals surface area (Å²) in [6.45, 7) is 1.92. The van der Waals surface area contributed by atoms with E-state index in [0.29, 0.717) is 4.90 Å². The third kappa shape index (κ3) is 3.40. The molecule has 0 bridgehead atoms. The maximum absolute atomic E-state index is 11.7. The molecule has 0 amide bonds. The summed E-state index contributed by atoms with van der Waals surface area (Å²) in [4.78, 5) is 0.342. The first kappa shape index (κ1) is 11.8. The van der Waals surface area contributed by atoms with E-state index in [0.717, 1.165) is 5.56 Å². The molecule has 4 heteroatoms. The third-order valence-electron chi connectivity index (χ3n) is 1.93. The van der Waals surface area contributed by atoms with Crippen molar-refractivity contribution >= 4 is 9.84 Å². The molecule has 0 aromatic heterocycles. The Balaban J connectivity index is 2.87. The van der Waals surface area contributed by atoms with Crippen molar-refractivity contribution in [2.45, 2.75) is 11.8 Å². The van der Waals surface area contributed by atoms with E-state index in [2.05, 4.69) is 4.74 Å². The number of rotatable bonds is 4. The highest BCUT2D eigenvalue weighted by atomic mass is 32.2. The number of methoxy groups -OCH3 is 1. The molecular weight excluding hydrogens is 212 g/mol. The van der Waals surface area contributed by atoms with Crippen LogP contribution in [-0.2, 0) is 14.6 Å². The molecule has 0 atom stereocenters. The fourth-order valence-electron chi connectivity index (χ4n) is 1.10. The van der Waals surface area contributed by atoms with Crippen molar-refractivity contribution < 1.29 is 13.2 Å². The zero-order chi connectivity index (χ0) is 11.3. The summed E-state index contributed by atoms with van der Waals surface area (Å²) in [5.41, 5.74) is 1.04. The van der Waals surface area contributed by atoms with Crippen LogP contribution in [0.1, 0.15) is 5.56 Å². The quantitative estimate of drug-likeness (QED) is 0.737. The highest BCUT2D eigenvalue weighted by Gasteiger charge is 2.11. The van der Waals surface area contributed by atoms with E-state index >= 15 is 0 Å². The Morgan fingerprint density at radius 1 is 1.27 bits per heavy atom. The van der Waals surface area contributed by atoms with Gasteiger partial charge >= 0.3 is 0 Å². The highest BCUT2D eigenvalue weighted by Crippen LogP contribution is 2.12. The first-order chi connectivity index (χ1) is 7.06. The van der Waals surface area contributed by atoms with Gasteiger partial charge in [-0.15, -0.1) is 0 Å². The lowest BCUT2D eigenvalue weighted by Gasteiger charge is -2.01. The molecule has 0 radical (unpaired) electrons. The first-order valence-corrected chi connectivity index (χ1v) is 6.19. The van der Waals surface area contributed by atoms with E-state index in [-0.39, 0.29) is 5.75 Å². The van der Waals surface area contributed by atoms with Crippen molar-refractivity contribution in [2.75, 3.05) is 12.9 Å². The van der Waals surface area contributed by atoms with E-state index in [1.807, 2.05) is 6.92 Å². The zero-order valence-electron chi connectivity index (χ0n) is 8.80. The minimum atomic E-state index is -3.22. The molecular formula is C11H14O3S. The fraction of sp³-hybridized carbons (Fsp3) is 0.273. The molecule has 1 aromatic carbocycles. The molecule has 0 aliphatic heterocycles. The summed E-state index contributed by atoms with van der Waals surface area (Å²) in [7, 11) is -1.73. The van der Waals surface area contributed by atoms with E-state index in [9.17, 15) is 8.42 Å². The number of sulfone groups is 1. The minimum absolute atomic E-state index is 0.0378. The van der Waals surface area contributed by atoms with Gasteiger partial charge in [0.2, 0.25) is 0 Å². The molecule has 0 saturated carbocycles. The van der Waals surface area contributed by atoms with Crippen LogP contribution in [0.15, 0.2) is 41.5 Å². The van der Waals surface area contributed by atoms with Gasteiger partial charge in [-0.3, -0.25) is 0 Å². The summed E-state index contributed by atoms with van der Waals surface area (Å²) in [5, 5.41) is 0. The van der Waals surface area contributed by atoms with Gasteiger partial charge in [-0.2, -0.15) is 0 Å². The van der Waals surface area contributed by atoms with Crippen LogP contribution in [0.3, 0.4) is 0 Å². The summed E-state index contributed by atoms with van der Waals surface area (Å²) in [5.74, 6) is -0.0378. The molecule has 0 unspecified atom stereocenters. The normalized spacial score (nSPS) is 11.9. The number of hydrogen-bond donors (Lipinski definition) is 0. The molecule has 0 heterocycles. The van der Waals surface area contributed by atoms with Crippen molar-refractivity contribution in [1.82, 2.24) is 0 Å². The average molecular weight is 226 g/mol. The highest BCUT2D eigenvalue weighted by molar-refractivity contribution is 7.91. The molecule has 82 valence electrons. The number of aryl methyl sites for hydroxylation is 1. The number of ether oxygens (including phenoxy) is 1. The van der Waals surface area contributed by atoms with Gasteiger partial charge in [0, 0.05) is 0 Å². The van der Waals surface area contributed by atoms with Crippen LogP contribution in [0.25, 0.3) is 0 Å². The molecule has 0 spiro atoms. The Labute approximate surface area is 90.3 Å². The van der Waals surface area contributed by atoms with Crippen molar-refractivity contribution in [3.63, 3.8) is 0 Å². The van der Waals surface area contributed by atoms with Crippen LogP contribution in [0.4, 0.5) is 0 Å². The Morgan fingerprint density at radius 2 is 1.87 bits per heavy atom. The van der Waals surface area contributed by atoms with E-state index in [4.69, 9.17) is 0 Å². The Bertz CT molecular complexity index is 429. The topological polar surface area (TPSA) is 43.4 Å². The van der Waals surface area contributed by atoms with Crippen molar-refractivity contribution in [1.29, 1.82) is 0 Å². The predicted octanol–water partition coefficient (Wildman–Crippen LogP) is 1.93. The second kappa shape index (κ2) is 4.98. The molecule has 15 heavy (non-hydrogen) atoms. The summed E-state index contributed by atoms with van der Waals surface area (Å²) >= 11 is 0. The Kier molecular flexibility index (Phi) is 3.91. The molecule has 0 aliphatic rings. The summed E-state index contributed by atoms with van der Waals surface area (Å²) in [6, 6.07) is 6.80. The minimum Gasteiger partial charge on any atom is -0.505 e. The Hall–Kier alpha value is -1.29. The van der Waals surface area contributed by atoms with Crippen LogP contribution in [0.5, 0.6) is 0 Å². The van der Waals surface area contributed by atoms with Crippen molar-refractivity contribution in [3.05, 3.63) is 42.2 Å². The van der Waals surface area contributed by atoms with Gasteiger partial charge in [0.05, 0.1) is 24.0 Å². The Morgan fingerprint density at radius 3 is 2.40 bits per heavy atom. The van der Waals surface area contributed by atoms with Crippen LogP contribution >= 0.6 is 0 Å². The first-order valence-electron chi connectivity index (χ1n) is 4.53. The van der Waals surface area contributed by atoms with Crippen molar-refractivity contribution in [2.24, 2.45) is 0 Å². The molecule has 0 saturated heterocycles. The second-order valence-corrected chi connectivity index (χ2v) is 5.24. The molecule has 3 nitrogen and oxygen atoms in total. The van der Waals surface area contributed by atoms with Gasteiger partial charge in [-0.1, -0.05) is 17.7 Å². The predicted molar refractivity (Wildman–Crippen MR) is 59.4 cm³/mol. The maximum atomic E-state index is 11.7. The number of hydrogen-bond acceptors (Lipinski definition) is 3. The van der Waals surface area contributed by atoms with Gasteiger partial charge in [0.15, 0.2) is 9.84 Å². The van der Waals surface area contributed by atoms with Gasteiger partial charge in [-0.05, 0) is 25.1 Å². The summed E-state index contributed by atoms with van der Waals surface area (Å²) in [6.07, 6.45) is 2.85. The maximum Gasteiger partial charge on any atom is 0.182 e. The van der Waals surface area contributed by atoms with E-state index in [1.54, 1.807) is 24.3 Å². The van der Waals surface area contributed by atoms with Gasteiger partial charge in [-0.25, -0.2) is 8.42 Å². The molecule has 0 aliphatic carbocycles. The zero-order valence-corrected chi connectivity index (χ0v) is 9.62. The van der Waals surface area contributed by atoms with Crippen LogP contribution in [0.2, 0.25) is 0 Å². The SMILES string of the molecule is COC=CCS(=O)(=O)c1ccc(C)cc1. The largest absolute Gasteiger partial charge is 0.505 e. The number of benzene rings is 1. The third-order valence-corrected chi connectivity index (χ3v) is 3.55. The lowest BCUT2D eigenvalue weighted by atomic mass is 10.2. The molecule has 1 aromatic rings. The fourth-order valence-corrected chi connectivity index (χ4v) is 2.18. The van der Waals surface area contributed by atoms with Gasteiger partial charge < -0.3 is 4.74 Å². The van der Waals surface area contributed by atoms with Crippen molar-refractivity contribution in [3.8, 4) is 0 Å². The van der Waals surface area contributed by atoms with Crippen LogP contribution in [0, 0.1) is 6.92 Å². The standard InChI is InChI=1S/C11H14O3S/c1-10-4-6-11(7-5-10)15(12,13)9-3-8-14-2/h3-8H,9H2,1-2H3. The molecule has 0 fully saturated rings.